The van der Waals surface area contributed by atoms with E-state index in [1.165, 1.54) is 19.3 Å². The summed E-state index contributed by atoms with van der Waals surface area (Å²) in [6.07, 6.45) is 4.13. The Morgan fingerprint density at radius 2 is 2.39 bits per heavy atom. The molecule has 2 atom stereocenters. The highest BCUT2D eigenvalue weighted by molar-refractivity contribution is 7.16. The molecule has 18 heavy (non-hydrogen) atoms. The van der Waals surface area contributed by atoms with E-state index in [0.717, 1.165) is 28.7 Å². The average Bonchev–Trinajstić information content (AvgIpc) is 2.87. The predicted octanol–water partition coefficient (Wildman–Crippen LogP) is 2.86. The number of fused-ring (bicyclic) bond motifs is 1. The monoisotopic (exact) mass is 262 g/mol. The number of piperidine rings is 1. The fourth-order valence-corrected chi connectivity index (χ4v) is 3.55. The van der Waals surface area contributed by atoms with Gasteiger partial charge in [-0.05, 0) is 37.4 Å². The van der Waals surface area contributed by atoms with Gasteiger partial charge in [-0.25, -0.2) is 4.98 Å². The number of aromatic nitrogens is 1. The lowest BCUT2D eigenvalue weighted by atomic mass is 9.96. The molecule has 2 aromatic rings. The summed E-state index contributed by atoms with van der Waals surface area (Å²) in [6, 6.07) is 6.46. The molecule has 1 saturated heterocycles. The van der Waals surface area contributed by atoms with E-state index < -0.39 is 0 Å². The summed E-state index contributed by atoms with van der Waals surface area (Å²) in [4.78, 5) is 4.30. The van der Waals surface area contributed by atoms with Gasteiger partial charge in [0, 0.05) is 6.04 Å². The fourth-order valence-electron chi connectivity index (χ4n) is 2.69. The van der Waals surface area contributed by atoms with E-state index >= 15 is 0 Å². The van der Waals surface area contributed by atoms with E-state index in [1.807, 2.05) is 23.7 Å². The maximum atomic E-state index is 10.4. The van der Waals surface area contributed by atoms with E-state index in [-0.39, 0.29) is 6.10 Å². The highest BCUT2D eigenvalue weighted by atomic mass is 32.1. The van der Waals surface area contributed by atoms with Crippen LogP contribution in [0.25, 0.3) is 10.2 Å². The smallest absolute Gasteiger partial charge is 0.0819 e. The Morgan fingerprint density at radius 1 is 1.44 bits per heavy atom. The second-order valence-corrected chi connectivity index (χ2v) is 5.80. The van der Waals surface area contributed by atoms with Crippen LogP contribution in [-0.2, 0) is 0 Å². The van der Waals surface area contributed by atoms with Crippen molar-refractivity contribution in [1.29, 1.82) is 0 Å². The normalized spacial score (nSPS) is 22.2. The summed E-state index contributed by atoms with van der Waals surface area (Å²) >= 11 is 1.61. The number of benzene rings is 1. The van der Waals surface area contributed by atoms with Crippen molar-refractivity contribution < 1.29 is 5.11 Å². The van der Waals surface area contributed by atoms with E-state index in [1.54, 1.807) is 11.3 Å². The van der Waals surface area contributed by atoms with Gasteiger partial charge < -0.3 is 10.4 Å². The van der Waals surface area contributed by atoms with Crippen LogP contribution in [0.15, 0.2) is 23.7 Å². The quantitative estimate of drug-likeness (QED) is 0.894. The molecule has 0 unspecified atom stereocenters. The first-order chi connectivity index (χ1) is 8.84. The van der Waals surface area contributed by atoms with Crippen LogP contribution in [0.5, 0.6) is 0 Å². The first-order valence-corrected chi connectivity index (χ1v) is 7.46. The minimum Gasteiger partial charge on any atom is -0.388 e. The van der Waals surface area contributed by atoms with Crippen LogP contribution in [0.4, 0.5) is 0 Å². The van der Waals surface area contributed by atoms with E-state index in [4.69, 9.17) is 0 Å². The molecule has 0 amide bonds. The van der Waals surface area contributed by atoms with Crippen LogP contribution in [0.2, 0.25) is 0 Å². The number of thiazole rings is 1. The summed E-state index contributed by atoms with van der Waals surface area (Å²) in [7, 11) is 0. The second-order valence-electron chi connectivity index (χ2n) is 4.95. The molecule has 1 aliphatic heterocycles. The molecule has 1 aromatic carbocycles. The lowest BCUT2D eigenvalue weighted by molar-refractivity contribution is 0.146. The molecule has 0 bridgehead atoms. The van der Waals surface area contributed by atoms with Gasteiger partial charge in [0.05, 0.1) is 21.8 Å². The van der Waals surface area contributed by atoms with Gasteiger partial charge in [0.1, 0.15) is 0 Å². The summed E-state index contributed by atoms with van der Waals surface area (Å²) in [5.41, 5.74) is 3.87. The molecule has 0 saturated carbocycles. The lowest BCUT2D eigenvalue weighted by Crippen LogP contribution is -2.35. The van der Waals surface area contributed by atoms with E-state index in [0.29, 0.717) is 6.04 Å². The Bertz CT molecular complexity index is 519. The molecule has 0 spiro atoms. The van der Waals surface area contributed by atoms with Crippen LogP contribution in [0, 0.1) is 0 Å². The number of nitrogens with one attached hydrogen (secondary N) is 1. The maximum Gasteiger partial charge on any atom is 0.0819 e. The van der Waals surface area contributed by atoms with Crippen LogP contribution >= 0.6 is 11.3 Å². The Balaban J connectivity index is 1.78. The zero-order chi connectivity index (χ0) is 12.4. The predicted molar refractivity (Wildman–Crippen MR) is 74.8 cm³/mol. The standard InChI is InChI=1S/C14H18N2OS/c17-13(8-10-4-1-2-7-15-10)11-5-3-6-12-14(11)18-9-16-12/h3,5-6,9-10,13,15,17H,1-2,4,7-8H2/t10-,13+/m0/s1. The van der Waals surface area contributed by atoms with Gasteiger partial charge in [0.25, 0.3) is 0 Å². The summed E-state index contributed by atoms with van der Waals surface area (Å²) in [5, 5.41) is 13.9. The fraction of sp³-hybridized carbons (Fsp3) is 0.500. The zero-order valence-corrected chi connectivity index (χ0v) is 11.1. The van der Waals surface area contributed by atoms with Crippen LogP contribution in [0.1, 0.15) is 37.4 Å². The van der Waals surface area contributed by atoms with Crippen molar-refractivity contribution in [3.8, 4) is 0 Å². The first kappa shape index (κ1) is 12.1. The molecular formula is C14H18N2OS. The summed E-state index contributed by atoms with van der Waals surface area (Å²) in [5.74, 6) is 0. The third-order valence-electron chi connectivity index (χ3n) is 3.67. The van der Waals surface area contributed by atoms with Crippen molar-refractivity contribution >= 4 is 21.6 Å². The van der Waals surface area contributed by atoms with Gasteiger partial charge in [0.2, 0.25) is 0 Å². The van der Waals surface area contributed by atoms with Gasteiger partial charge >= 0.3 is 0 Å². The van der Waals surface area contributed by atoms with Crippen molar-refractivity contribution in [1.82, 2.24) is 10.3 Å². The van der Waals surface area contributed by atoms with E-state index in [9.17, 15) is 5.11 Å². The molecule has 3 nitrogen and oxygen atoms in total. The van der Waals surface area contributed by atoms with Crippen molar-refractivity contribution in [2.24, 2.45) is 0 Å². The summed E-state index contributed by atoms with van der Waals surface area (Å²) in [6.45, 7) is 1.09. The molecule has 1 fully saturated rings. The third kappa shape index (κ3) is 2.41. The maximum absolute atomic E-state index is 10.4. The van der Waals surface area contributed by atoms with Crippen LogP contribution in [0.3, 0.4) is 0 Å². The highest BCUT2D eigenvalue weighted by Gasteiger charge is 2.19. The number of rotatable bonds is 3. The SMILES string of the molecule is O[C@H](C[C@@H]1CCCCN1)c1cccc2ncsc12. The van der Waals surface area contributed by atoms with E-state index in [2.05, 4.69) is 10.3 Å². The highest BCUT2D eigenvalue weighted by Crippen LogP contribution is 2.30. The van der Waals surface area contributed by atoms with Gasteiger partial charge in [-0.15, -0.1) is 11.3 Å². The number of hydrogen-bond acceptors (Lipinski definition) is 4. The minimum absolute atomic E-state index is 0.384. The molecule has 3 rings (SSSR count). The Morgan fingerprint density at radius 3 is 3.22 bits per heavy atom. The average molecular weight is 262 g/mol. The lowest BCUT2D eigenvalue weighted by Gasteiger charge is -2.25. The topological polar surface area (TPSA) is 45.1 Å². The van der Waals surface area contributed by atoms with Crippen LogP contribution in [-0.4, -0.2) is 22.7 Å². The van der Waals surface area contributed by atoms with Gasteiger partial charge in [-0.2, -0.15) is 0 Å². The van der Waals surface area contributed by atoms with Gasteiger partial charge in [0.15, 0.2) is 0 Å². The van der Waals surface area contributed by atoms with Crippen LogP contribution < -0.4 is 5.32 Å². The van der Waals surface area contributed by atoms with Crippen molar-refractivity contribution in [2.75, 3.05) is 6.54 Å². The molecule has 1 aliphatic rings. The molecule has 0 radical (unpaired) electrons. The molecule has 0 aliphatic carbocycles. The van der Waals surface area contributed by atoms with Crippen molar-refractivity contribution in [3.05, 3.63) is 29.3 Å². The number of nitrogens with zero attached hydrogens (tertiary/aromatic N) is 1. The zero-order valence-electron chi connectivity index (χ0n) is 10.3. The summed E-state index contributed by atoms with van der Waals surface area (Å²) < 4.78 is 1.13. The number of aliphatic hydroxyl groups is 1. The number of aliphatic hydroxyl groups excluding tert-OH is 1. The molecule has 1 aromatic heterocycles. The first-order valence-electron chi connectivity index (χ1n) is 6.58. The number of hydrogen-bond donors (Lipinski definition) is 2. The third-order valence-corrected chi connectivity index (χ3v) is 4.56. The Hall–Kier alpha value is -0.970. The Labute approximate surface area is 111 Å². The molecule has 96 valence electrons. The molecule has 2 N–H and O–H groups in total. The molecule has 2 heterocycles. The van der Waals surface area contributed by atoms with Crippen molar-refractivity contribution in [2.45, 2.75) is 37.8 Å². The molecular weight excluding hydrogens is 244 g/mol. The molecule has 4 heteroatoms. The second kappa shape index (κ2) is 5.34. The minimum atomic E-state index is -0.384. The largest absolute Gasteiger partial charge is 0.388 e. The Kier molecular flexibility index (Phi) is 3.59. The van der Waals surface area contributed by atoms with Gasteiger partial charge in [-0.1, -0.05) is 18.6 Å². The van der Waals surface area contributed by atoms with Crippen molar-refractivity contribution in [3.63, 3.8) is 0 Å². The van der Waals surface area contributed by atoms with Gasteiger partial charge in [-0.3, -0.25) is 0 Å².